The monoisotopic (exact) mass is 337 g/mol. The van der Waals surface area contributed by atoms with Gasteiger partial charge in [-0.3, -0.25) is 4.79 Å². The number of carbonyl (C=O) groups is 1. The molecule has 1 aromatic rings. The molecule has 4 N–H and O–H groups in total. The second-order valence-electron chi connectivity index (χ2n) is 4.34. The van der Waals surface area contributed by atoms with Crippen molar-refractivity contribution >= 4 is 17.5 Å². The van der Waals surface area contributed by atoms with Gasteiger partial charge in [-0.25, -0.2) is 0 Å². The number of nitrogens with two attached hydrogens (primary N) is 1. The molecule has 0 aliphatic rings. The molecule has 0 saturated heterocycles. The maximum atomic E-state index is 10.7. The summed E-state index contributed by atoms with van der Waals surface area (Å²) in [6, 6.07) is 3.45. The number of carbonyl (C=O) groups excluding carboxylic acids is 1. The largest absolute Gasteiger partial charge is 1.00 e. The van der Waals surface area contributed by atoms with E-state index in [9.17, 15) is 9.90 Å². The summed E-state index contributed by atoms with van der Waals surface area (Å²) in [5.41, 5.74) is 5.90. The third-order valence-corrected chi connectivity index (χ3v) is 2.70. The molecule has 1 aromatic carbocycles. The number of primary amides is 1. The number of benzene rings is 1. The second-order valence-corrected chi connectivity index (χ2v) is 4.75. The van der Waals surface area contributed by atoms with Gasteiger partial charge in [0.2, 0.25) is 0 Å². The normalized spacial score (nSPS) is 11.4. The lowest BCUT2D eigenvalue weighted by Gasteiger charge is -2.14. The van der Waals surface area contributed by atoms with E-state index >= 15 is 0 Å². The fraction of sp³-hybridized carbons (Fsp3) is 0.462. The molecule has 8 heteroatoms. The fourth-order valence-electron chi connectivity index (χ4n) is 1.58. The number of hydrogen-bond acceptors (Lipinski definition) is 5. The first-order valence-corrected chi connectivity index (χ1v) is 6.48. The highest BCUT2D eigenvalue weighted by Gasteiger charge is 2.13. The number of ether oxygens (including phenoxy) is 2. The SMILES string of the molecule is COc1cc(CNCC(C)O)cc(Cl)c1OCC(N)=O.[Cl-]. The van der Waals surface area contributed by atoms with E-state index in [0.717, 1.165) is 5.56 Å². The predicted molar refractivity (Wildman–Crippen MR) is 76.1 cm³/mol. The Morgan fingerprint density at radius 2 is 2.19 bits per heavy atom. The Morgan fingerprint density at radius 3 is 2.71 bits per heavy atom. The summed E-state index contributed by atoms with van der Waals surface area (Å²) >= 11 is 6.10. The average Bonchev–Trinajstić information content (AvgIpc) is 2.36. The standard InChI is InChI=1S/C13H19ClN2O4.ClH/c1-8(17)5-16-6-9-3-10(14)13(11(4-9)19-2)20-7-12(15)18;/h3-4,8,16-17H,5-7H2,1-2H3,(H2,15,18);1H/p-1. The van der Waals surface area contributed by atoms with Crippen LogP contribution in [0, 0.1) is 0 Å². The zero-order valence-corrected chi connectivity index (χ0v) is 13.4. The molecule has 1 amide bonds. The predicted octanol–water partition coefficient (Wildman–Crippen LogP) is -2.31. The van der Waals surface area contributed by atoms with Crippen molar-refractivity contribution in [1.82, 2.24) is 5.32 Å². The molecule has 1 atom stereocenters. The van der Waals surface area contributed by atoms with Crippen molar-refractivity contribution in [2.24, 2.45) is 5.73 Å². The van der Waals surface area contributed by atoms with E-state index in [4.69, 9.17) is 26.8 Å². The Kier molecular flexibility index (Phi) is 9.12. The van der Waals surface area contributed by atoms with Crippen LogP contribution in [0.15, 0.2) is 12.1 Å². The Labute approximate surface area is 135 Å². The number of hydrogen-bond donors (Lipinski definition) is 3. The highest BCUT2D eigenvalue weighted by Crippen LogP contribution is 2.36. The van der Waals surface area contributed by atoms with Crippen LogP contribution in [0.4, 0.5) is 0 Å². The van der Waals surface area contributed by atoms with E-state index in [1.54, 1.807) is 19.1 Å². The molecular weight excluding hydrogens is 319 g/mol. The molecule has 0 aliphatic heterocycles. The third kappa shape index (κ3) is 6.86. The van der Waals surface area contributed by atoms with Crippen molar-refractivity contribution in [2.45, 2.75) is 19.6 Å². The summed E-state index contributed by atoms with van der Waals surface area (Å²) in [7, 11) is 1.48. The highest BCUT2D eigenvalue weighted by atomic mass is 35.5. The third-order valence-electron chi connectivity index (χ3n) is 2.42. The molecule has 0 aromatic heterocycles. The van der Waals surface area contributed by atoms with Crippen molar-refractivity contribution in [1.29, 1.82) is 0 Å². The van der Waals surface area contributed by atoms with E-state index in [1.807, 2.05) is 0 Å². The van der Waals surface area contributed by atoms with E-state index < -0.39 is 12.0 Å². The van der Waals surface area contributed by atoms with Crippen LogP contribution in [0.3, 0.4) is 0 Å². The summed E-state index contributed by atoms with van der Waals surface area (Å²) in [4.78, 5) is 10.7. The lowest BCUT2D eigenvalue weighted by atomic mass is 10.2. The fourth-order valence-corrected chi connectivity index (χ4v) is 1.87. The molecular formula is C13H19Cl2N2O4-. The average molecular weight is 338 g/mol. The van der Waals surface area contributed by atoms with Crippen LogP contribution in [0.5, 0.6) is 11.5 Å². The van der Waals surface area contributed by atoms with Crippen LogP contribution in [0.2, 0.25) is 5.02 Å². The maximum absolute atomic E-state index is 10.7. The lowest BCUT2D eigenvalue weighted by molar-refractivity contribution is -0.119. The zero-order chi connectivity index (χ0) is 15.1. The van der Waals surface area contributed by atoms with Crippen LogP contribution in [0.1, 0.15) is 12.5 Å². The Hall–Kier alpha value is -1.21. The molecule has 1 rings (SSSR count). The van der Waals surface area contributed by atoms with Gasteiger partial charge in [0, 0.05) is 13.1 Å². The number of aliphatic hydroxyl groups is 1. The van der Waals surface area contributed by atoms with Gasteiger partial charge in [0.1, 0.15) is 0 Å². The first-order chi connectivity index (χ1) is 9.43. The van der Waals surface area contributed by atoms with Gasteiger partial charge in [0.25, 0.3) is 5.91 Å². The molecule has 0 fully saturated rings. The Bertz CT molecular complexity index is 470. The second kappa shape index (κ2) is 9.68. The van der Waals surface area contributed by atoms with Crippen molar-refractivity contribution in [3.63, 3.8) is 0 Å². The van der Waals surface area contributed by atoms with Gasteiger partial charge in [0.05, 0.1) is 18.2 Å². The van der Waals surface area contributed by atoms with Gasteiger partial charge in [-0.2, -0.15) is 0 Å². The van der Waals surface area contributed by atoms with Gasteiger partial charge in [-0.15, -0.1) is 0 Å². The maximum Gasteiger partial charge on any atom is 0.255 e. The Balaban J connectivity index is 0.00000400. The van der Waals surface area contributed by atoms with Crippen molar-refractivity contribution in [3.05, 3.63) is 22.7 Å². The van der Waals surface area contributed by atoms with Crippen LogP contribution in [0.25, 0.3) is 0 Å². The summed E-state index contributed by atoms with van der Waals surface area (Å²) < 4.78 is 10.4. The van der Waals surface area contributed by atoms with Crippen LogP contribution in [-0.4, -0.2) is 37.4 Å². The van der Waals surface area contributed by atoms with E-state index in [-0.39, 0.29) is 24.8 Å². The molecule has 6 nitrogen and oxygen atoms in total. The van der Waals surface area contributed by atoms with Crippen LogP contribution < -0.4 is 32.9 Å². The molecule has 1 unspecified atom stereocenters. The number of methoxy groups -OCH3 is 1. The smallest absolute Gasteiger partial charge is 0.255 e. The molecule has 0 radical (unpaired) electrons. The van der Waals surface area contributed by atoms with Crippen LogP contribution >= 0.6 is 11.6 Å². The highest BCUT2D eigenvalue weighted by molar-refractivity contribution is 6.32. The first kappa shape index (κ1) is 19.8. The van der Waals surface area contributed by atoms with Gasteiger partial charge in [0.15, 0.2) is 18.1 Å². The molecule has 0 bridgehead atoms. The van der Waals surface area contributed by atoms with Crippen molar-refractivity contribution < 1.29 is 31.8 Å². The van der Waals surface area contributed by atoms with E-state index in [1.165, 1.54) is 7.11 Å². The summed E-state index contributed by atoms with van der Waals surface area (Å²) in [5.74, 6) is 0.116. The molecule has 0 heterocycles. The Morgan fingerprint density at radius 1 is 1.52 bits per heavy atom. The molecule has 21 heavy (non-hydrogen) atoms. The van der Waals surface area contributed by atoms with Gasteiger partial charge in [-0.05, 0) is 24.6 Å². The lowest BCUT2D eigenvalue weighted by Crippen LogP contribution is -3.00. The van der Waals surface area contributed by atoms with Crippen molar-refractivity contribution in [3.8, 4) is 11.5 Å². The quantitative estimate of drug-likeness (QED) is 0.495. The molecule has 0 aliphatic carbocycles. The number of aliphatic hydroxyl groups excluding tert-OH is 1. The summed E-state index contributed by atoms with van der Waals surface area (Å²) in [5, 5.41) is 12.6. The number of nitrogens with one attached hydrogen (secondary N) is 1. The topological polar surface area (TPSA) is 93.8 Å². The zero-order valence-electron chi connectivity index (χ0n) is 11.9. The number of rotatable bonds is 8. The van der Waals surface area contributed by atoms with Gasteiger partial charge in [-0.1, -0.05) is 11.6 Å². The number of amides is 1. The molecule has 120 valence electrons. The van der Waals surface area contributed by atoms with Crippen molar-refractivity contribution in [2.75, 3.05) is 20.3 Å². The minimum absolute atomic E-state index is 0. The summed E-state index contributed by atoms with van der Waals surface area (Å²) in [6.07, 6.45) is -0.425. The molecule has 0 spiro atoms. The van der Waals surface area contributed by atoms with E-state index in [2.05, 4.69) is 5.32 Å². The first-order valence-electron chi connectivity index (χ1n) is 6.10. The molecule has 0 saturated carbocycles. The minimum Gasteiger partial charge on any atom is -1.00 e. The minimum atomic E-state index is -0.592. The van der Waals surface area contributed by atoms with Gasteiger partial charge >= 0.3 is 0 Å². The summed E-state index contributed by atoms with van der Waals surface area (Å²) in [6.45, 7) is 2.42. The van der Waals surface area contributed by atoms with Crippen LogP contribution in [-0.2, 0) is 11.3 Å². The van der Waals surface area contributed by atoms with Gasteiger partial charge < -0.3 is 38.0 Å². The number of halogens is 2. The van der Waals surface area contributed by atoms with E-state index in [0.29, 0.717) is 23.9 Å².